The zero-order valence-corrected chi connectivity index (χ0v) is 10.1. The van der Waals surface area contributed by atoms with Crippen molar-refractivity contribution in [2.45, 2.75) is 19.8 Å². The van der Waals surface area contributed by atoms with Crippen molar-refractivity contribution in [2.24, 2.45) is 0 Å². The van der Waals surface area contributed by atoms with Crippen LogP contribution < -0.4 is 11.1 Å². The molecule has 0 fully saturated rings. The molecule has 3 N–H and O–H groups in total. The highest BCUT2D eigenvalue weighted by Gasteiger charge is 2.04. The number of rotatable bonds is 7. The number of carbonyl (C=O) groups excluding carboxylic acids is 1. The van der Waals surface area contributed by atoms with Crippen molar-refractivity contribution in [3.8, 4) is 0 Å². The van der Waals surface area contributed by atoms with Crippen LogP contribution in [0.15, 0.2) is 18.3 Å². The molecule has 0 radical (unpaired) electrons. The number of anilines is 1. The van der Waals surface area contributed by atoms with Gasteiger partial charge in [-0.15, -0.1) is 0 Å². The Labute approximate surface area is 101 Å². The number of pyridine rings is 1. The van der Waals surface area contributed by atoms with E-state index in [0.717, 1.165) is 19.4 Å². The molecule has 1 aromatic rings. The molecule has 0 saturated heterocycles. The molecule has 1 rings (SSSR count). The van der Waals surface area contributed by atoms with Crippen LogP contribution in [0.25, 0.3) is 0 Å². The molecule has 0 aliphatic carbocycles. The summed E-state index contributed by atoms with van der Waals surface area (Å²) in [7, 11) is 0. The van der Waals surface area contributed by atoms with E-state index >= 15 is 0 Å². The van der Waals surface area contributed by atoms with Crippen LogP contribution in [-0.4, -0.2) is 30.6 Å². The van der Waals surface area contributed by atoms with Gasteiger partial charge in [-0.05, 0) is 25.0 Å². The lowest BCUT2D eigenvalue weighted by molar-refractivity contribution is 0.0941. The zero-order chi connectivity index (χ0) is 12.5. The Morgan fingerprint density at radius 3 is 3.06 bits per heavy atom. The highest BCUT2D eigenvalue weighted by atomic mass is 16.5. The minimum absolute atomic E-state index is 0.130. The van der Waals surface area contributed by atoms with Crippen LogP contribution in [0.4, 0.5) is 5.82 Å². The summed E-state index contributed by atoms with van der Waals surface area (Å²) in [5, 5.41) is 2.80. The molecule has 0 aromatic carbocycles. The number of hydrogen-bond acceptors (Lipinski definition) is 4. The van der Waals surface area contributed by atoms with Crippen molar-refractivity contribution < 1.29 is 9.53 Å². The predicted octanol–water partition coefficient (Wildman–Crippen LogP) is 1.21. The quantitative estimate of drug-likeness (QED) is 0.699. The van der Waals surface area contributed by atoms with E-state index in [9.17, 15) is 4.79 Å². The second-order valence-corrected chi connectivity index (χ2v) is 3.69. The van der Waals surface area contributed by atoms with Crippen LogP contribution in [0, 0.1) is 0 Å². The fourth-order valence-electron chi connectivity index (χ4n) is 1.31. The van der Waals surface area contributed by atoms with Crippen molar-refractivity contribution >= 4 is 11.7 Å². The van der Waals surface area contributed by atoms with Gasteiger partial charge in [0.05, 0.1) is 0 Å². The minimum Gasteiger partial charge on any atom is -0.384 e. The van der Waals surface area contributed by atoms with Gasteiger partial charge in [0.25, 0.3) is 5.91 Å². The summed E-state index contributed by atoms with van der Waals surface area (Å²) in [6.45, 7) is 4.11. The first-order chi connectivity index (χ1) is 8.24. The molecule has 0 spiro atoms. The van der Waals surface area contributed by atoms with Gasteiger partial charge in [-0.3, -0.25) is 4.79 Å². The average Bonchev–Trinajstić information content (AvgIpc) is 2.33. The molecule has 0 unspecified atom stereocenters. The fraction of sp³-hybridized carbons (Fsp3) is 0.500. The van der Waals surface area contributed by atoms with Crippen molar-refractivity contribution in [3.63, 3.8) is 0 Å². The van der Waals surface area contributed by atoms with E-state index in [0.29, 0.717) is 24.5 Å². The number of amides is 1. The van der Waals surface area contributed by atoms with Crippen LogP contribution in [0.5, 0.6) is 0 Å². The molecule has 0 saturated carbocycles. The second-order valence-electron chi connectivity index (χ2n) is 3.69. The van der Waals surface area contributed by atoms with Crippen molar-refractivity contribution in [2.75, 3.05) is 25.5 Å². The van der Waals surface area contributed by atoms with E-state index in [1.54, 1.807) is 12.1 Å². The topological polar surface area (TPSA) is 77.2 Å². The third-order valence-corrected chi connectivity index (χ3v) is 2.14. The smallest absolute Gasteiger partial charge is 0.251 e. The predicted molar refractivity (Wildman–Crippen MR) is 66.7 cm³/mol. The molecule has 0 aliphatic heterocycles. The maximum Gasteiger partial charge on any atom is 0.251 e. The molecule has 1 aromatic heterocycles. The standard InChI is InChI=1S/C12H19N3O2/c1-2-7-17-8-3-5-15-12(16)10-4-6-14-11(13)9-10/h4,6,9H,2-3,5,7-8H2,1H3,(H2,13,14)(H,15,16). The maximum atomic E-state index is 11.7. The van der Waals surface area contributed by atoms with Gasteiger partial charge < -0.3 is 15.8 Å². The molecule has 5 heteroatoms. The van der Waals surface area contributed by atoms with E-state index in [4.69, 9.17) is 10.5 Å². The van der Waals surface area contributed by atoms with Gasteiger partial charge in [-0.2, -0.15) is 0 Å². The summed E-state index contributed by atoms with van der Waals surface area (Å²) in [6.07, 6.45) is 3.35. The molecular weight excluding hydrogens is 218 g/mol. The number of nitrogens with zero attached hydrogens (tertiary/aromatic N) is 1. The average molecular weight is 237 g/mol. The van der Waals surface area contributed by atoms with Gasteiger partial charge in [0.15, 0.2) is 0 Å². The van der Waals surface area contributed by atoms with Gasteiger partial charge >= 0.3 is 0 Å². The number of aromatic nitrogens is 1. The number of nitrogens with two attached hydrogens (primary N) is 1. The minimum atomic E-state index is -0.130. The zero-order valence-electron chi connectivity index (χ0n) is 10.1. The van der Waals surface area contributed by atoms with E-state index in [1.165, 1.54) is 6.20 Å². The Morgan fingerprint density at radius 1 is 1.53 bits per heavy atom. The molecule has 1 amide bonds. The van der Waals surface area contributed by atoms with E-state index in [-0.39, 0.29) is 5.91 Å². The van der Waals surface area contributed by atoms with Crippen LogP contribution in [-0.2, 0) is 4.74 Å². The van der Waals surface area contributed by atoms with Crippen molar-refractivity contribution in [3.05, 3.63) is 23.9 Å². The van der Waals surface area contributed by atoms with Crippen LogP contribution in [0.2, 0.25) is 0 Å². The summed E-state index contributed by atoms with van der Waals surface area (Å²) in [4.78, 5) is 15.5. The first kappa shape index (κ1) is 13.4. The number of carbonyl (C=O) groups is 1. The molecule has 94 valence electrons. The van der Waals surface area contributed by atoms with E-state index in [1.807, 2.05) is 0 Å². The summed E-state index contributed by atoms with van der Waals surface area (Å²) >= 11 is 0. The van der Waals surface area contributed by atoms with Crippen LogP contribution >= 0.6 is 0 Å². The number of ether oxygens (including phenoxy) is 1. The third-order valence-electron chi connectivity index (χ3n) is 2.14. The summed E-state index contributed by atoms with van der Waals surface area (Å²) in [6, 6.07) is 3.20. The van der Waals surface area contributed by atoms with Gasteiger partial charge in [0, 0.05) is 31.5 Å². The molecule has 1 heterocycles. The number of nitrogens with one attached hydrogen (secondary N) is 1. The monoisotopic (exact) mass is 237 g/mol. The van der Waals surface area contributed by atoms with Crippen LogP contribution in [0.1, 0.15) is 30.1 Å². The highest BCUT2D eigenvalue weighted by Crippen LogP contribution is 2.02. The fourth-order valence-corrected chi connectivity index (χ4v) is 1.31. The largest absolute Gasteiger partial charge is 0.384 e. The Kier molecular flexibility index (Phi) is 6.03. The molecule has 17 heavy (non-hydrogen) atoms. The Balaban J connectivity index is 2.21. The molecule has 0 atom stereocenters. The molecule has 0 aliphatic rings. The Morgan fingerprint density at radius 2 is 2.35 bits per heavy atom. The summed E-state index contributed by atoms with van der Waals surface area (Å²) in [5.41, 5.74) is 6.03. The lowest BCUT2D eigenvalue weighted by atomic mass is 10.2. The first-order valence-electron chi connectivity index (χ1n) is 5.81. The van der Waals surface area contributed by atoms with Gasteiger partial charge in [0.1, 0.15) is 5.82 Å². The highest BCUT2D eigenvalue weighted by molar-refractivity contribution is 5.94. The van der Waals surface area contributed by atoms with Crippen LogP contribution in [0.3, 0.4) is 0 Å². The van der Waals surface area contributed by atoms with Crippen molar-refractivity contribution in [1.29, 1.82) is 0 Å². The van der Waals surface area contributed by atoms with Gasteiger partial charge in [-0.1, -0.05) is 6.92 Å². The van der Waals surface area contributed by atoms with E-state index in [2.05, 4.69) is 17.2 Å². The van der Waals surface area contributed by atoms with Gasteiger partial charge in [-0.25, -0.2) is 4.98 Å². The van der Waals surface area contributed by atoms with Gasteiger partial charge in [0.2, 0.25) is 0 Å². The van der Waals surface area contributed by atoms with E-state index < -0.39 is 0 Å². The summed E-state index contributed by atoms with van der Waals surface area (Å²) < 4.78 is 5.31. The first-order valence-corrected chi connectivity index (χ1v) is 5.81. The number of nitrogen functional groups attached to an aromatic ring is 1. The van der Waals surface area contributed by atoms with Crippen molar-refractivity contribution in [1.82, 2.24) is 10.3 Å². The second kappa shape index (κ2) is 7.62. The molecular formula is C12H19N3O2. The lowest BCUT2D eigenvalue weighted by Crippen LogP contribution is -2.25. The lowest BCUT2D eigenvalue weighted by Gasteiger charge is -2.06. The molecule has 5 nitrogen and oxygen atoms in total. The normalized spacial score (nSPS) is 10.2. The SMILES string of the molecule is CCCOCCCNC(=O)c1ccnc(N)c1. The number of hydrogen-bond donors (Lipinski definition) is 2. The summed E-state index contributed by atoms with van der Waals surface area (Å²) in [5.74, 6) is 0.221. The molecule has 0 bridgehead atoms. The Hall–Kier alpha value is -1.62. The maximum absolute atomic E-state index is 11.7. The third kappa shape index (κ3) is 5.31. The Bertz CT molecular complexity index is 355.